The molecule has 15 heavy (non-hydrogen) atoms. The Labute approximate surface area is 129 Å². The minimum absolute atomic E-state index is 0. The van der Waals surface area contributed by atoms with Crippen LogP contribution in [0.4, 0.5) is 12.9 Å². The molecule has 0 fully saturated rings. The third kappa shape index (κ3) is 6.03. The first kappa shape index (κ1) is 15.6. The summed E-state index contributed by atoms with van der Waals surface area (Å²) in [5, 5.41) is 0. The van der Waals surface area contributed by atoms with Crippen molar-refractivity contribution >= 4 is 6.98 Å². The quantitative estimate of drug-likeness (QED) is 0.693. The zero-order chi connectivity index (χ0) is 10.8. The summed E-state index contributed by atoms with van der Waals surface area (Å²) in [5.41, 5.74) is 6.25. The van der Waals surface area contributed by atoms with Crippen LogP contribution in [-0.4, -0.2) is 12.0 Å². The van der Waals surface area contributed by atoms with E-state index in [-0.39, 0.29) is 63.1 Å². The second-order valence-electron chi connectivity index (χ2n) is 3.28. The molecule has 1 atom stereocenters. The van der Waals surface area contributed by atoms with E-state index in [9.17, 15) is 12.9 Å². The Morgan fingerprint density at radius 2 is 2.07 bits per heavy atom. The first-order valence-electron chi connectivity index (χ1n) is 4.30. The van der Waals surface area contributed by atoms with E-state index in [0.717, 1.165) is 0 Å². The average molecular weight is 242 g/mol. The van der Waals surface area contributed by atoms with Gasteiger partial charge in [0.1, 0.15) is 0 Å². The van der Waals surface area contributed by atoms with E-state index in [0.29, 0.717) is 5.56 Å². The van der Waals surface area contributed by atoms with Gasteiger partial charge in [-0.25, -0.2) is 0 Å². The maximum Gasteiger partial charge on any atom is 1.00 e. The van der Waals surface area contributed by atoms with Crippen LogP contribution in [0, 0.1) is 0 Å². The second kappa shape index (κ2) is 6.36. The Hall–Kier alpha value is 0.601. The maximum absolute atomic E-state index is 12.1. The van der Waals surface area contributed by atoms with Gasteiger partial charge in [-0.1, -0.05) is 0 Å². The molecule has 0 bridgehead atoms. The molecule has 0 aliphatic heterocycles. The van der Waals surface area contributed by atoms with Gasteiger partial charge < -0.3 is 18.7 Å². The van der Waals surface area contributed by atoms with E-state index in [1.165, 1.54) is 12.3 Å². The van der Waals surface area contributed by atoms with Gasteiger partial charge >= 0.3 is 58.4 Å². The molecule has 2 N–H and O–H groups in total. The van der Waals surface area contributed by atoms with Gasteiger partial charge in [0, 0.05) is 17.9 Å². The number of hydrogen-bond donors (Lipinski definition) is 1. The van der Waals surface area contributed by atoms with Gasteiger partial charge in [-0.05, 0) is 30.9 Å². The molecule has 1 aromatic rings. The fourth-order valence-corrected chi connectivity index (χ4v) is 1.13. The average Bonchev–Trinajstić information content (AvgIpc) is 2.01. The predicted molar refractivity (Wildman–Crippen MR) is 49.6 cm³/mol. The number of pyridine rings is 1. The molecule has 7 heteroatoms. The third-order valence-electron chi connectivity index (χ3n) is 1.81. The molecule has 2 nitrogen and oxygen atoms in total. The molecule has 0 saturated heterocycles. The minimum Gasteiger partial charge on any atom is -0.449 e. The van der Waals surface area contributed by atoms with E-state index in [1.807, 2.05) is 0 Å². The summed E-state index contributed by atoms with van der Waals surface area (Å²) in [6.45, 7) is -3.10. The molecule has 0 amide bonds. The van der Waals surface area contributed by atoms with Crippen LogP contribution in [0.3, 0.4) is 0 Å². The molecule has 0 radical (unpaired) electrons. The standard InChI is InChI=1S/C8H11BF3N2.K/c1-6(13)7-2-3-14-8(4-7)5-9(10,11)12;/h2-4,6H,5,13H2,1H3;/q-1;+1. The topological polar surface area (TPSA) is 38.9 Å². The summed E-state index contributed by atoms with van der Waals surface area (Å²) < 4.78 is 36.2. The van der Waals surface area contributed by atoms with Crippen molar-refractivity contribution in [2.45, 2.75) is 19.3 Å². The summed E-state index contributed by atoms with van der Waals surface area (Å²) in [6, 6.07) is 2.76. The zero-order valence-corrected chi connectivity index (χ0v) is 11.9. The van der Waals surface area contributed by atoms with E-state index in [1.54, 1.807) is 13.0 Å². The Bertz CT molecular complexity index is 317. The number of nitrogens with zero attached hydrogens (tertiary/aromatic N) is 1. The number of aromatic nitrogens is 1. The summed E-state index contributed by atoms with van der Waals surface area (Å²) in [7, 11) is 0. The van der Waals surface area contributed by atoms with Crippen LogP contribution < -0.4 is 57.1 Å². The van der Waals surface area contributed by atoms with Gasteiger partial charge in [-0.15, -0.1) is 0 Å². The Balaban J connectivity index is 0.00000196. The molecule has 1 heterocycles. The summed E-state index contributed by atoms with van der Waals surface area (Å²) >= 11 is 0. The summed E-state index contributed by atoms with van der Waals surface area (Å²) in [5.74, 6) is 0. The molecular weight excluding hydrogens is 231 g/mol. The van der Waals surface area contributed by atoms with E-state index < -0.39 is 13.3 Å². The molecule has 1 unspecified atom stereocenters. The molecule has 0 saturated carbocycles. The summed E-state index contributed by atoms with van der Waals surface area (Å²) in [6.07, 6.45) is 0.413. The van der Waals surface area contributed by atoms with Crippen molar-refractivity contribution in [3.05, 3.63) is 29.6 Å². The summed E-state index contributed by atoms with van der Waals surface area (Å²) in [4.78, 5) is 3.65. The van der Waals surface area contributed by atoms with Crippen LogP contribution in [0.5, 0.6) is 0 Å². The Kier molecular flexibility index (Phi) is 6.62. The van der Waals surface area contributed by atoms with Crippen molar-refractivity contribution in [1.29, 1.82) is 0 Å². The second-order valence-corrected chi connectivity index (χ2v) is 3.28. The van der Waals surface area contributed by atoms with E-state index in [4.69, 9.17) is 5.73 Å². The van der Waals surface area contributed by atoms with Crippen LogP contribution in [0.2, 0.25) is 0 Å². The zero-order valence-electron chi connectivity index (χ0n) is 8.75. The smallest absolute Gasteiger partial charge is 0.449 e. The van der Waals surface area contributed by atoms with Gasteiger partial charge in [0.15, 0.2) is 0 Å². The van der Waals surface area contributed by atoms with Crippen LogP contribution >= 0.6 is 0 Å². The Morgan fingerprint density at radius 1 is 1.47 bits per heavy atom. The van der Waals surface area contributed by atoms with Gasteiger partial charge in [0.05, 0.1) is 0 Å². The molecule has 0 aliphatic rings. The number of halogens is 3. The normalized spacial score (nSPS) is 13.1. The Morgan fingerprint density at radius 3 is 2.53 bits per heavy atom. The number of nitrogens with two attached hydrogens (primary N) is 1. The van der Waals surface area contributed by atoms with Crippen LogP contribution in [0.25, 0.3) is 0 Å². The maximum atomic E-state index is 12.1. The number of hydrogen-bond acceptors (Lipinski definition) is 2. The fraction of sp³-hybridized carbons (Fsp3) is 0.375. The molecule has 0 aromatic carbocycles. The van der Waals surface area contributed by atoms with Crippen molar-refractivity contribution in [2.24, 2.45) is 5.73 Å². The SMILES string of the molecule is CC(N)c1ccnc(C[B-](F)(F)F)c1.[K+]. The van der Waals surface area contributed by atoms with Gasteiger partial charge in [-0.3, -0.25) is 4.98 Å². The van der Waals surface area contributed by atoms with Crippen molar-refractivity contribution in [3.63, 3.8) is 0 Å². The molecule has 0 spiro atoms. The number of rotatable bonds is 3. The van der Waals surface area contributed by atoms with Crippen molar-refractivity contribution in [3.8, 4) is 0 Å². The van der Waals surface area contributed by atoms with Gasteiger partial charge in [-0.2, -0.15) is 0 Å². The van der Waals surface area contributed by atoms with Crippen LogP contribution in [0.15, 0.2) is 18.3 Å². The fourth-order valence-electron chi connectivity index (χ4n) is 1.13. The predicted octanol–water partition coefficient (Wildman–Crippen LogP) is -0.966. The largest absolute Gasteiger partial charge is 1.00 e. The van der Waals surface area contributed by atoms with Gasteiger partial charge in [0.25, 0.3) is 0 Å². The molecule has 1 aromatic heterocycles. The van der Waals surface area contributed by atoms with Crippen molar-refractivity contribution < 1.29 is 64.3 Å². The molecule has 1 rings (SSSR count). The molecule has 0 aliphatic carbocycles. The van der Waals surface area contributed by atoms with E-state index >= 15 is 0 Å². The van der Waals surface area contributed by atoms with Crippen LogP contribution in [-0.2, 0) is 6.32 Å². The van der Waals surface area contributed by atoms with Gasteiger partial charge in [0.2, 0.25) is 0 Å². The minimum atomic E-state index is -4.82. The third-order valence-corrected chi connectivity index (χ3v) is 1.81. The van der Waals surface area contributed by atoms with E-state index in [2.05, 4.69) is 4.98 Å². The van der Waals surface area contributed by atoms with Crippen molar-refractivity contribution in [2.75, 3.05) is 0 Å². The van der Waals surface area contributed by atoms with Crippen LogP contribution in [0.1, 0.15) is 24.2 Å². The molecule has 78 valence electrons. The first-order chi connectivity index (χ1) is 6.38. The van der Waals surface area contributed by atoms with Crippen molar-refractivity contribution in [1.82, 2.24) is 4.98 Å². The first-order valence-corrected chi connectivity index (χ1v) is 4.30. The molecular formula is C8H11BF3KN2. The monoisotopic (exact) mass is 242 g/mol.